The molecule has 19 heavy (non-hydrogen) atoms. The van der Waals surface area contributed by atoms with E-state index < -0.39 is 5.97 Å². The topological polar surface area (TPSA) is 66.4 Å². The predicted molar refractivity (Wildman–Crippen MR) is 74.0 cm³/mol. The molecular formula is C15H21NO3. The van der Waals surface area contributed by atoms with Crippen molar-refractivity contribution in [2.45, 2.75) is 39.0 Å². The molecule has 0 aliphatic carbocycles. The molecule has 4 heteroatoms. The lowest BCUT2D eigenvalue weighted by Gasteiger charge is -2.05. The number of carbonyl (C=O) groups excluding carboxylic acids is 1. The number of carbonyl (C=O) groups is 2. The number of hydrogen-bond acceptors (Lipinski definition) is 2. The van der Waals surface area contributed by atoms with Crippen molar-refractivity contribution in [2.24, 2.45) is 0 Å². The summed E-state index contributed by atoms with van der Waals surface area (Å²) < 4.78 is 0. The van der Waals surface area contributed by atoms with E-state index in [4.69, 9.17) is 5.11 Å². The van der Waals surface area contributed by atoms with Gasteiger partial charge in [-0.05, 0) is 25.3 Å². The summed E-state index contributed by atoms with van der Waals surface area (Å²) in [6.45, 7) is 2.63. The fourth-order valence-corrected chi connectivity index (χ4v) is 1.76. The molecule has 0 bridgehead atoms. The summed E-state index contributed by atoms with van der Waals surface area (Å²) in [6.07, 6.45) is 2.93. The second-order valence-electron chi connectivity index (χ2n) is 4.72. The van der Waals surface area contributed by atoms with Gasteiger partial charge in [0.05, 0.1) is 6.42 Å². The van der Waals surface area contributed by atoms with Crippen molar-refractivity contribution in [1.29, 1.82) is 0 Å². The Bertz CT molecular complexity index is 412. The molecule has 0 aromatic heterocycles. The molecule has 0 aliphatic heterocycles. The fourth-order valence-electron chi connectivity index (χ4n) is 1.76. The quantitative estimate of drug-likeness (QED) is 0.707. The molecule has 1 aromatic rings. The van der Waals surface area contributed by atoms with Gasteiger partial charge in [-0.2, -0.15) is 0 Å². The van der Waals surface area contributed by atoms with E-state index in [-0.39, 0.29) is 12.3 Å². The molecule has 0 heterocycles. The summed E-state index contributed by atoms with van der Waals surface area (Å²) >= 11 is 0. The molecule has 104 valence electrons. The second-order valence-corrected chi connectivity index (χ2v) is 4.72. The number of nitrogens with one attached hydrogen (secondary N) is 1. The van der Waals surface area contributed by atoms with Gasteiger partial charge in [0, 0.05) is 13.0 Å². The Kier molecular flexibility index (Phi) is 6.64. The summed E-state index contributed by atoms with van der Waals surface area (Å²) in [4.78, 5) is 21.9. The summed E-state index contributed by atoms with van der Waals surface area (Å²) in [5, 5.41) is 11.3. The third-order valence-corrected chi connectivity index (χ3v) is 2.87. The lowest BCUT2D eigenvalue weighted by Crippen LogP contribution is -2.26. The highest BCUT2D eigenvalue weighted by molar-refractivity contribution is 5.78. The monoisotopic (exact) mass is 263 g/mol. The maximum atomic E-state index is 11.6. The largest absolute Gasteiger partial charge is 0.481 e. The highest BCUT2D eigenvalue weighted by Gasteiger charge is 2.02. The third-order valence-electron chi connectivity index (χ3n) is 2.87. The molecule has 0 aliphatic rings. The highest BCUT2D eigenvalue weighted by atomic mass is 16.4. The van der Waals surface area contributed by atoms with Crippen molar-refractivity contribution in [1.82, 2.24) is 5.32 Å². The average Bonchev–Trinajstić information content (AvgIpc) is 2.36. The van der Waals surface area contributed by atoms with Crippen molar-refractivity contribution >= 4 is 11.9 Å². The predicted octanol–water partition coefficient (Wildman–Crippen LogP) is 2.30. The first-order valence-electron chi connectivity index (χ1n) is 6.62. The van der Waals surface area contributed by atoms with Gasteiger partial charge >= 0.3 is 5.97 Å². The van der Waals surface area contributed by atoms with E-state index in [2.05, 4.69) is 5.32 Å². The minimum atomic E-state index is -0.761. The Hall–Kier alpha value is -1.84. The molecule has 0 saturated heterocycles. The average molecular weight is 263 g/mol. The zero-order chi connectivity index (χ0) is 14.1. The molecule has 0 saturated carbocycles. The first-order chi connectivity index (χ1) is 9.08. The lowest BCUT2D eigenvalue weighted by molar-refractivity contribution is -0.137. The van der Waals surface area contributed by atoms with Crippen LogP contribution in [0.2, 0.25) is 0 Å². The highest BCUT2D eigenvalue weighted by Crippen LogP contribution is 2.04. The third kappa shape index (κ3) is 7.24. The van der Waals surface area contributed by atoms with Crippen LogP contribution in [0.15, 0.2) is 24.3 Å². The van der Waals surface area contributed by atoms with Crippen LogP contribution in [0.5, 0.6) is 0 Å². The van der Waals surface area contributed by atoms with E-state index in [1.807, 2.05) is 31.2 Å². The molecule has 4 nitrogen and oxygen atoms in total. The number of benzene rings is 1. The summed E-state index contributed by atoms with van der Waals surface area (Å²) in [7, 11) is 0. The number of carboxylic acids is 1. The Balaban J connectivity index is 2.11. The maximum Gasteiger partial charge on any atom is 0.303 e. The van der Waals surface area contributed by atoms with Crippen molar-refractivity contribution in [3.63, 3.8) is 0 Å². The smallest absolute Gasteiger partial charge is 0.303 e. The SMILES string of the molecule is Cc1ccc(CC(=O)NCCCCCC(=O)O)cc1. The van der Waals surface area contributed by atoms with Gasteiger partial charge in [0.15, 0.2) is 0 Å². The number of hydrogen-bond donors (Lipinski definition) is 2. The van der Waals surface area contributed by atoms with Crippen LogP contribution in [-0.2, 0) is 16.0 Å². The van der Waals surface area contributed by atoms with E-state index in [9.17, 15) is 9.59 Å². The minimum Gasteiger partial charge on any atom is -0.481 e. The summed E-state index contributed by atoms with van der Waals surface area (Å²) in [6, 6.07) is 7.91. The Morgan fingerprint density at radius 2 is 1.79 bits per heavy atom. The number of unbranched alkanes of at least 4 members (excludes halogenated alkanes) is 2. The van der Waals surface area contributed by atoms with Gasteiger partial charge in [-0.15, -0.1) is 0 Å². The van der Waals surface area contributed by atoms with Crippen LogP contribution in [-0.4, -0.2) is 23.5 Å². The van der Waals surface area contributed by atoms with Crippen molar-refractivity contribution in [3.05, 3.63) is 35.4 Å². The molecule has 0 atom stereocenters. The van der Waals surface area contributed by atoms with Gasteiger partial charge in [0.25, 0.3) is 0 Å². The van der Waals surface area contributed by atoms with E-state index in [0.29, 0.717) is 19.4 Å². The van der Waals surface area contributed by atoms with Crippen LogP contribution in [0.25, 0.3) is 0 Å². The molecule has 0 radical (unpaired) electrons. The number of amides is 1. The van der Waals surface area contributed by atoms with Crippen molar-refractivity contribution in [3.8, 4) is 0 Å². The van der Waals surface area contributed by atoms with E-state index >= 15 is 0 Å². The zero-order valence-corrected chi connectivity index (χ0v) is 11.3. The number of carboxylic acid groups (broad SMARTS) is 1. The van der Waals surface area contributed by atoms with Gasteiger partial charge in [-0.1, -0.05) is 36.2 Å². The van der Waals surface area contributed by atoms with Gasteiger partial charge in [0.1, 0.15) is 0 Å². The maximum absolute atomic E-state index is 11.6. The summed E-state index contributed by atoms with van der Waals surface area (Å²) in [5.41, 5.74) is 2.19. The summed E-state index contributed by atoms with van der Waals surface area (Å²) in [5.74, 6) is -0.745. The molecule has 0 fully saturated rings. The van der Waals surface area contributed by atoms with Crippen molar-refractivity contribution in [2.75, 3.05) is 6.54 Å². The van der Waals surface area contributed by atoms with Crippen LogP contribution in [0, 0.1) is 6.92 Å². The molecule has 0 unspecified atom stereocenters. The first-order valence-corrected chi connectivity index (χ1v) is 6.62. The van der Waals surface area contributed by atoms with Gasteiger partial charge < -0.3 is 10.4 Å². The minimum absolute atomic E-state index is 0.0158. The van der Waals surface area contributed by atoms with Gasteiger partial charge in [-0.3, -0.25) is 9.59 Å². The number of rotatable bonds is 8. The number of aryl methyl sites for hydroxylation is 1. The van der Waals surface area contributed by atoms with Crippen LogP contribution in [0.1, 0.15) is 36.8 Å². The van der Waals surface area contributed by atoms with Crippen LogP contribution in [0.3, 0.4) is 0 Å². The van der Waals surface area contributed by atoms with Gasteiger partial charge in [0.2, 0.25) is 5.91 Å². The fraction of sp³-hybridized carbons (Fsp3) is 0.467. The normalized spacial score (nSPS) is 10.2. The lowest BCUT2D eigenvalue weighted by atomic mass is 10.1. The molecular weight excluding hydrogens is 242 g/mol. The Morgan fingerprint density at radius 1 is 1.11 bits per heavy atom. The number of aliphatic carboxylic acids is 1. The standard InChI is InChI=1S/C15H21NO3/c1-12-6-8-13(9-7-12)11-14(17)16-10-4-2-3-5-15(18)19/h6-9H,2-5,10-11H2,1H3,(H,16,17)(H,18,19). The molecule has 2 N–H and O–H groups in total. The van der Waals surface area contributed by atoms with Crippen molar-refractivity contribution < 1.29 is 14.7 Å². The second kappa shape index (κ2) is 8.29. The molecule has 1 amide bonds. The van der Waals surface area contributed by atoms with Crippen LogP contribution in [0.4, 0.5) is 0 Å². The molecule has 0 spiro atoms. The van der Waals surface area contributed by atoms with Gasteiger partial charge in [-0.25, -0.2) is 0 Å². The Morgan fingerprint density at radius 3 is 2.42 bits per heavy atom. The Labute approximate surface area is 113 Å². The van der Waals surface area contributed by atoms with E-state index in [1.54, 1.807) is 0 Å². The van der Waals surface area contributed by atoms with Crippen LogP contribution < -0.4 is 5.32 Å². The first kappa shape index (κ1) is 15.2. The van der Waals surface area contributed by atoms with Crippen LogP contribution >= 0.6 is 0 Å². The van der Waals surface area contributed by atoms with E-state index in [0.717, 1.165) is 18.4 Å². The molecule has 1 rings (SSSR count). The zero-order valence-electron chi connectivity index (χ0n) is 11.3. The van der Waals surface area contributed by atoms with E-state index in [1.165, 1.54) is 5.56 Å². The molecule has 1 aromatic carbocycles.